The minimum Gasteiger partial charge on any atom is -0.495 e. The monoisotopic (exact) mass is 421 g/mol. The van der Waals surface area contributed by atoms with Crippen LogP contribution >= 0.6 is 11.6 Å². The average Bonchev–Trinajstić information content (AvgIpc) is 2.67. The van der Waals surface area contributed by atoms with Gasteiger partial charge in [-0.3, -0.25) is 4.79 Å². The molecule has 0 unspecified atom stereocenters. The number of methoxy groups -OCH3 is 1. The van der Waals surface area contributed by atoms with Crippen molar-refractivity contribution in [3.05, 3.63) is 53.1 Å². The molecule has 0 radical (unpaired) electrons. The summed E-state index contributed by atoms with van der Waals surface area (Å²) in [5.74, 6) is -0.112. The number of anilines is 1. The first kappa shape index (κ1) is 21.7. The van der Waals surface area contributed by atoms with Gasteiger partial charge in [0.05, 0.1) is 36.1 Å². The van der Waals surface area contributed by atoms with Crippen molar-refractivity contribution in [2.45, 2.75) is 18.2 Å². The second kappa shape index (κ2) is 9.55. The number of sulfonamides is 1. The normalized spacial score (nSPS) is 11.1. The summed E-state index contributed by atoms with van der Waals surface area (Å²) in [7, 11) is -2.47. The van der Waals surface area contributed by atoms with Crippen molar-refractivity contribution in [1.82, 2.24) is 4.31 Å². The summed E-state index contributed by atoms with van der Waals surface area (Å²) in [5.41, 5.74) is 1.35. The summed E-state index contributed by atoms with van der Waals surface area (Å²) in [4.78, 5) is 12.3. The van der Waals surface area contributed by atoms with Crippen LogP contribution in [0.1, 0.15) is 12.5 Å². The molecule has 0 saturated heterocycles. The van der Waals surface area contributed by atoms with Gasteiger partial charge in [0.15, 0.2) is 0 Å². The van der Waals surface area contributed by atoms with Crippen LogP contribution in [0, 0.1) is 11.3 Å². The van der Waals surface area contributed by atoms with Gasteiger partial charge in [-0.05, 0) is 35.9 Å². The smallest absolute Gasteiger partial charge is 0.243 e. The van der Waals surface area contributed by atoms with Crippen LogP contribution in [0.5, 0.6) is 5.75 Å². The molecule has 0 fully saturated rings. The molecule has 0 aromatic heterocycles. The molecule has 2 rings (SSSR count). The second-order valence-electron chi connectivity index (χ2n) is 5.81. The first-order valence-electron chi connectivity index (χ1n) is 8.41. The molecular formula is C19H20ClN3O4S. The molecule has 0 aliphatic rings. The van der Waals surface area contributed by atoms with Gasteiger partial charge in [-0.1, -0.05) is 30.7 Å². The second-order valence-corrected chi connectivity index (χ2v) is 8.15. The van der Waals surface area contributed by atoms with Crippen LogP contribution < -0.4 is 10.1 Å². The molecule has 7 nitrogen and oxygen atoms in total. The number of nitrogens with zero attached hydrogens (tertiary/aromatic N) is 2. The first-order chi connectivity index (χ1) is 13.3. The van der Waals surface area contributed by atoms with Crippen molar-refractivity contribution < 1.29 is 17.9 Å². The lowest BCUT2D eigenvalue weighted by molar-refractivity contribution is -0.116. The Bertz CT molecular complexity index is 985. The van der Waals surface area contributed by atoms with E-state index in [-0.39, 0.29) is 29.4 Å². The van der Waals surface area contributed by atoms with E-state index < -0.39 is 15.9 Å². The maximum Gasteiger partial charge on any atom is 0.243 e. The van der Waals surface area contributed by atoms with E-state index in [4.69, 9.17) is 21.6 Å². The average molecular weight is 422 g/mol. The van der Waals surface area contributed by atoms with Gasteiger partial charge < -0.3 is 10.1 Å². The Labute approximate surface area is 169 Å². The molecule has 2 aromatic rings. The number of halogens is 1. The maximum absolute atomic E-state index is 12.8. The molecule has 0 spiro atoms. The van der Waals surface area contributed by atoms with E-state index in [2.05, 4.69) is 5.32 Å². The lowest BCUT2D eigenvalue weighted by atomic mass is 10.1. The molecule has 0 saturated carbocycles. The number of rotatable bonds is 8. The number of benzene rings is 2. The zero-order valence-corrected chi connectivity index (χ0v) is 17.0. The third-order valence-corrected chi connectivity index (χ3v) is 6.17. The minimum absolute atomic E-state index is 0.0196. The van der Waals surface area contributed by atoms with Gasteiger partial charge in [0.1, 0.15) is 5.75 Å². The molecule has 9 heteroatoms. The molecule has 0 heterocycles. The molecule has 0 aliphatic carbocycles. The summed E-state index contributed by atoms with van der Waals surface area (Å²) >= 11 is 6.02. The topological polar surface area (TPSA) is 99.5 Å². The van der Waals surface area contributed by atoms with E-state index in [0.717, 1.165) is 9.87 Å². The summed E-state index contributed by atoms with van der Waals surface area (Å²) in [6, 6.07) is 13.0. The van der Waals surface area contributed by atoms with Crippen LogP contribution in [-0.2, 0) is 21.2 Å². The summed E-state index contributed by atoms with van der Waals surface area (Å²) in [6.45, 7) is 1.41. The van der Waals surface area contributed by atoms with Gasteiger partial charge in [0, 0.05) is 12.2 Å². The number of hydrogen-bond acceptors (Lipinski definition) is 5. The van der Waals surface area contributed by atoms with Crippen molar-refractivity contribution in [2.75, 3.05) is 25.5 Å². The van der Waals surface area contributed by atoms with Crippen molar-refractivity contribution in [3.8, 4) is 11.8 Å². The fraction of sp³-hybridized carbons (Fsp3) is 0.263. The number of amides is 1. The van der Waals surface area contributed by atoms with Crippen molar-refractivity contribution in [1.29, 1.82) is 5.26 Å². The SMILES string of the molecule is CCN(CC(=O)Nc1ccc(CC#N)cc1)S(=O)(=O)c1ccc(OC)c(Cl)c1. The quantitative estimate of drug-likeness (QED) is 0.706. The van der Waals surface area contributed by atoms with Crippen LogP contribution in [0.25, 0.3) is 0 Å². The van der Waals surface area contributed by atoms with Crippen LogP contribution in [0.15, 0.2) is 47.4 Å². The Morgan fingerprint density at radius 1 is 1.25 bits per heavy atom. The van der Waals surface area contributed by atoms with E-state index in [0.29, 0.717) is 11.4 Å². The fourth-order valence-electron chi connectivity index (χ4n) is 2.48. The van der Waals surface area contributed by atoms with Gasteiger partial charge in [0.2, 0.25) is 15.9 Å². The lowest BCUT2D eigenvalue weighted by Gasteiger charge is -2.20. The van der Waals surface area contributed by atoms with E-state index in [1.54, 1.807) is 31.2 Å². The van der Waals surface area contributed by atoms with E-state index in [9.17, 15) is 13.2 Å². The van der Waals surface area contributed by atoms with E-state index in [1.165, 1.54) is 25.3 Å². The largest absolute Gasteiger partial charge is 0.495 e. The number of nitriles is 1. The Hall–Kier alpha value is -2.60. The molecule has 0 aliphatic heterocycles. The van der Waals surface area contributed by atoms with Crippen LogP contribution in [0.2, 0.25) is 5.02 Å². The fourth-order valence-corrected chi connectivity index (χ4v) is 4.24. The van der Waals surface area contributed by atoms with Gasteiger partial charge in [0.25, 0.3) is 0 Å². The van der Waals surface area contributed by atoms with Gasteiger partial charge in [-0.15, -0.1) is 0 Å². The van der Waals surface area contributed by atoms with Crippen LogP contribution in [-0.4, -0.2) is 38.8 Å². The first-order valence-corrected chi connectivity index (χ1v) is 10.2. The predicted molar refractivity (Wildman–Crippen MR) is 107 cm³/mol. The number of likely N-dealkylation sites (N-methyl/N-ethyl adjacent to an activating group) is 1. The van der Waals surface area contributed by atoms with Crippen molar-refractivity contribution >= 4 is 33.2 Å². The summed E-state index contributed by atoms with van der Waals surface area (Å²) in [5, 5.41) is 11.5. The van der Waals surface area contributed by atoms with E-state index >= 15 is 0 Å². The molecular weight excluding hydrogens is 402 g/mol. The van der Waals surface area contributed by atoms with Gasteiger partial charge >= 0.3 is 0 Å². The van der Waals surface area contributed by atoms with Gasteiger partial charge in [-0.2, -0.15) is 9.57 Å². The molecule has 0 atom stereocenters. The molecule has 0 bridgehead atoms. The molecule has 2 aromatic carbocycles. The third-order valence-electron chi connectivity index (χ3n) is 3.95. The lowest BCUT2D eigenvalue weighted by Crippen LogP contribution is -2.37. The van der Waals surface area contributed by atoms with Crippen LogP contribution in [0.4, 0.5) is 5.69 Å². The summed E-state index contributed by atoms with van der Waals surface area (Å²) < 4.78 is 31.8. The Balaban J connectivity index is 2.12. The highest BCUT2D eigenvalue weighted by atomic mass is 35.5. The number of hydrogen-bond donors (Lipinski definition) is 1. The number of ether oxygens (including phenoxy) is 1. The van der Waals surface area contributed by atoms with Crippen molar-refractivity contribution in [3.63, 3.8) is 0 Å². The van der Waals surface area contributed by atoms with Gasteiger partial charge in [-0.25, -0.2) is 8.42 Å². The Kier molecular flexibility index (Phi) is 7.40. The zero-order valence-electron chi connectivity index (χ0n) is 15.5. The standard InChI is InChI=1S/C19H20ClN3O4S/c1-3-23(28(25,26)16-8-9-18(27-2)17(20)12-16)13-19(24)22-15-6-4-14(5-7-15)10-11-21/h4-9,12H,3,10,13H2,1-2H3,(H,22,24). The highest BCUT2D eigenvalue weighted by molar-refractivity contribution is 7.89. The predicted octanol–water partition coefficient (Wildman–Crippen LogP) is 3.06. The third kappa shape index (κ3) is 5.23. The Morgan fingerprint density at radius 2 is 1.93 bits per heavy atom. The minimum atomic E-state index is -3.90. The molecule has 28 heavy (non-hydrogen) atoms. The summed E-state index contributed by atoms with van der Waals surface area (Å²) in [6.07, 6.45) is 0.278. The number of carbonyl (C=O) groups excluding carboxylic acids is 1. The zero-order chi connectivity index (χ0) is 20.7. The van der Waals surface area contributed by atoms with Crippen LogP contribution in [0.3, 0.4) is 0 Å². The number of carbonyl (C=O) groups is 1. The highest BCUT2D eigenvalue weighted by Gasteiger charge is 2.26. The molecule has 1 N–H and O–H groups in total. The maximum atomic E-state index is 12.8. The number of nitrogens with one attached hydrogen (secondary N) is 1. The van der Waals surface area contributed by atoms with E-state index in [1.807, 2.05) is 6.07 Å². The van der Waals surface area contributed by atoms with Crippen molar-refractivity contribution in [2.24, 2.45) is 0 Å². The molecule has 148 valence electrons. The molecule has 1 amide bonds. The highest BCUT2D eigenvalue weighted by Crippen LogP contribution is 2.28. The Morgan fingerprint density at radius 3 is 2.46 bits per heavy atom.